The van der Waals surface area contributed by atoms with E-state index < -0.39 is 24.6 Å². The van der Waals surface area contributed by atoms with Crippen LogP contribution in [0, 0.1) is 0 Å². The largest absolute Gasteiger partial charge is 0.505 e. The minimum Gasteiger partial charge on any atom is -0.505 e. The molecule has 0 saturated carbocycles. The number of phenolic OH excluding ortho intramolecular Hbond substituents is 1. The molecule has 0 fully saturated rings. The summed E-state index contributed by atoms with van der Waals surface area (Å²) < 4.78 is 39.3. The summed E-state index contributed by atoms with van der Waals surface area (Å²) in [6, 6.07) is 16.6. The van der Waals surface area contributed by atoms with E-state index in [1.54, 1.807) is 12.1 Å². The fraction of sp³-hybridized carbons (Fsp3) is 0.238. The van der Waals surface area contributed by atoms with Crippen LogP contribution in [0.1, 0.15) is 17.5 Å². The minimum absolute atomic E-state index is 0.0395. The molecule has 0 aromatic heterocycles. The lowest BCUT2D eigenvalue weighted by Gasteiger charge is -2.35. The molecule has 1 atom stereocenters. The fourth-order valence-corrected chi connectivity index (χ4v) is 3.68. The van der Waals surface area contributed by atoms with Gasteiger partial charge in [-0.05, 0) is 41.5 Å². The summed E-state index contributed by atoms with van der Waals surface area (Å²) in [5, 5.41) is 25.8. The first-order valence-corrected chi connectivity index (χ1v) is 8.66. The van der Waals surface area contributed by atoms with Crippen molar-refractivity contribution in [2.75, 3.05) is 5.32 Å². The maximum atomic E-state index is 13.1. The summed E-state index contributed by atoms with van der Waals surface area (Å²) in [4.78, 5) is 0. The van der Waals surface area contributed by atoms with Gasteiger partial charge in [0.25, 0.3) is 0 Å². The molecule has 0 radical (unpaired) electrons. The highest BCUT2D eigenvalue weighted by Gasteiger charge is 2.54. The first-order chi connectivity index (χ1) is 12.8. The molecule has 27 heavy (non-hydrogen) atoms. The highest BCUT2D eigenvalue weighted by atomic mass is 19.4. The van der Waals surface area contributed by atoms with Crippen molar-refractivity contribution in [3.63, 3.8) is 0 Å². The van der Waals surface area contributed by atoms with Gasteiger partial charge in [-0.15, -0.1) is 0 Å². The number of alkyl halides is 3. The Morgan fingerprint density at radius 2 is 1.67 bits per heavy atom. The third kappa shape index (κ3) is 3.00. The van der Waals surface area contributed by atoms with Gasteiger partial charge in [-0.1, -0.05) is 42.5 Å². The van der Waals surface area contributed by atoms with Crippen molar-refractivity contribution in [2.24, 2.45) is 0 Å². The number of benzene rings is 3. The van der Waals surface area contributed by atoms with Gasteiger partial charge >= 0.3 is 6.18 Å². The average molecular weight is 373 g/mol. The topological polar surface area (TPSA) is 52.5 Å². The molecule has 0 aliphatic heterocycles. The van der Waals surface area contributed by atoms with Crippen LogP contribution in [0.4, 0.5) is 24.5 Å². The minimum atomic E-state index is -4.69. The molecule has 6 heteroatoms. The van der Waals surface area contributed by atoms with Gasteiger partial charge in [0, 0.05) is 17.5 Å². The number of phenols is 1. The molecule has 1 aliphatic rings. The van der Waals surface area contributed by atoms with Crippen LogP contribution in [0.2, 0.25) is 0 Å². The Kier molecular flexibility index (Phi) is 4.03. The normalized spacial score (nSPS) is 19.7. The van der Waals surface area contributed by atoms with Crippen molar-refractivity contribution in [3.05, 3.63) is 65.7 Å². The molecule has 140 valence electrons. The maximum absolute atomic E-state index is 13.1. The molecule has 3 N–H and O–H groups in total. The SMILES string of the molecule is Oc1c(Nc2cccc3ccccc23)ccc2c1CCC(O)(C(F)(F)F)C2. The van der Waals surface area contributed by atoms with Gasteiger partial charge in [0.2, 0.25) is 0 Å². The Bertz CT molecular complexity index is 1010. The van der Waals surface area contributed by atoms with E-state index in [2.05, 4.69) is 5.32 Å². The van der Waals surface area contributed by atoms with Gasteiger partial charge in [0.05, 0.1) is 5.69 Å². The van der Waals surface area contributed by atoms with Crippen molar-refractivity contribution in [3.8, 4) is 5.75 Å². The highest BCUT2D eigenvalue weighted by Crippen LogP contribution is 2.45. The summed E-state index contributed by atoms with van der Waals surface area (Å²) in [5.74, 6) is -0.0651. The number of rotatable bonds is 2. The second-order valence-corrected chi connectivity index (χ2v) is 6.96. The van der Waals surface area contributed by atoms with Crippen LogP contribution >= 0.6 is 0 Å². The average Bonchev–Trinajstić information content (AvgIpc) is 2.63. The van der Waals surface area contributed by atoms with Gasteiger partial charge in [-0.25, -0.2) is 0 Å². The quantitative estimate of drug-likeness (QED) is 0.550. The molecule has 1 unspecified atom stereocenters. The lowest BCUT2D eigenvalue weighted by atomic mass is 9.79. The molecule has 1 aliphatic carbocycles. The number of hydrogen-bond acceptors (Lipinski definition) is 3. The van der Waals surface area contributed by atoms with E-state index in [9.17, 15) is 23.4 Å². The van der Waals surface area contributed by atoms with Crippen LogP contribution in [-0.2, 0) is 12.8 Å². The maximum Gasteiger partial charge on any atom is 0.417 e. The van der Waals surface area contributed by atoms with E-state index in [0.29, 0.717) is 16.8 Å². The third-order valence-corrected chi connectivity index (χ3v) is 5.24. The molecule has 0 amide bonds. The number of fused-ring (bicyclic) bond motifs is 2. The molecule has 3 aromatic rings. The summed E-state index contributed by atoms with van der Waals surface area (Å²) in [7, 11) is 0. The first-order valence-electron chi connectivity index (χ1n) is 8.66. The third-order valence-electron chi connectivity index (χ3n) is 5.24. The number of anilines is 2. The van der Waals surface area contributed by atoms with Gasteiger partial charge in [0.15, 0.2) is 5.60 Å². The van der Waals surface area contributed by atoms with Crippen LogP contribution in [-0.4, -0.2) is 22.0 Å². The zero-order valence-corrected chi connectivity index (χ0v) is 14.3. The molecule has 3 nitrogen and oxygen atoms in total. The molecule has 3 aromatic carbocycles. The van der Waals surface area contributed by atoms with Crippen LogP contribution in [0.25, 0.3) is 10.8 Å². The zero-order valence-electron chi connectivity index (χ0n) is 14.3. The standard InChI is InChI=1S/C21H18F3NO2/c22-21(23,24)20(27)11-10-16-14(12-20)8-9-18(19(16)26)25-17-7-3-5-13-4-1-2-6-15(13)17/h1-9,25-27H,10-12H2. The molecule has 0 bridgehead atoms. The number of nitrogens with one attached hydrogen (secondary N) is 1. The van der Waals surface area contributed by atoms with Crippen molar-refractivity contribution in [2.45, 2.75) is 31.0 Å². The molecule has 4 rings (SSSR count). The zero-order chi connectivity index (χ0) is 19.2. The number of aromatic hydroxyl groups is 1. The van der Waals surface area contributed by atoms with Gasteiger partial charge in [-0.3, -0.25) is 0 Å². The van der Waals surface area contributed by atoms with Gasteiger partial charge in [-0.2, -0.15) is 13.2 Å². The van der Waals surface area contributed by atoms with E-state index in [-0.39, 0.29) is 12.2 Å². The van der Waals surface area contributed by atoms with E-state index in [4.69, 9.17) is 0 Å². The molecule has 0 spiro atoms. The van der Waals surface area contributed by atoms with Crippen molar-refractivity contribution in [1.82, 2.24) is 0 Å². The number of halogens is 3. The van der Waals surface area contributed by atoms with E-state index in [0.717, 1.165) is 16.5 Å². The number of aliphatic hydroxyl groups is 1. The Morgan fingerprint density at radius 3 is 2.44 bits per heavy atom. The van der Waals surface area contributed by atoms with Crippen molar-refractivity contribution >= 4 is 22.1 Å². The van der Waals surface area contributed by atoms with Crippen LogP contribution < -0.4 is 5.32 Å². The van der Waals surface area contributed by atoms with Crippen LogP contribution in [0.15, 0.2) is 54.6 Å². The van der Waals surface area contributed by atoms with Crippen LogP contribution in [0.5, 0.6) is 5.75 Å². The lowest BCUT2D eigenvalue weighted by Crippen LogP contribution is -2.49. The van der Waals surface area contributed by atoms with Gasteiger partial charge < -0.3 is 15.5 Å². The van der Waals surface area contributed by atoms with E-state index in [1.165, 1.54) is 0 Å². The Balaban J connectivity index is 1.69. The first kappa shape index (κ1) is 17.7. The molecule has 0 saturated heterocycles. The number of hydrogen-bond donors (Lipinski definition) is 3. The summed E-state index contributed by atoms with van der Waals surface area (Å²) in [6.45, 7) is 0. The molecular weight excluding hydrogens is 355 g/mol. The van der Waals surface area contributed by atoms with Crippen molar-refractivity contribution in [1.29, 1.82) is 0 Å². The van der Waals surface area contributed by atoms with E-state index in [1.807, 2.05) is 42.5 Å². The Morgan fingerprint density at radius 1 is 0.926 bits per heavy atom. The second kappa shape index (κ2) is 6.16. The molecular formula is C21H18F3NO2. The Labute approximate surface area is 154 Å². The Hall–Kier alpha value is -2.73. The molecule has 0 heterocycles. The summed E-state index contributed by atoms with van der Waals surface area (Å²) in [5.41, 5.74) is -0.735. The monoisotopic (exact) mass is 373 g/mol. The summed E-state index contributed by atoms with van der Waals surface area (Å²) in [6.07, 6.45) is -5.74. The van der Waals surface area contributed by atoms with Crippen molar-refractivity contribution < 1.29 is 23.4 Å². The summed E-state index contributed by atoms with van der Waals surface area (Å²) >= 11 is 0. The highest BCUT2D eigenvalue weighted by molar-refractivity contribution is 5.95. The smallest absolute Gasteiger partial charge is 0.417 e. The predicted molar refractivity (Wildman–Crippen MR) is 98.4 cm³/mol. The van der Waals surface area contributed by atoms with Gasteiger partial charge in [0.1, 0.15) is 5.75 Å². The second-order valence-electron chi connectivity index (χ2n) is 6.96. The van der Waals surface area contributed by atoms with E-state index >= 15 is 0 Å². The fourth-order valence-electron chi connectivity index (χ4n) is 3.68. The van der Waals surface area contributed by atoms with Crippen LogP contribution in [0.3, 0.4) is 0 Å². The lowest BCUT2D eigenvalue weighted by molar-refractivity contribution is -0.263. The predicted octanol–water partition coefficient (Wildman–Crippen LogP) is 5.07.